The summed E-state index contributed by atoms with van der Waals surface area (Å²) in [6.45, 7) is 0.301. The van der Waals surface area contributed by atoms with E-state index in [0.29, 0.717) is 24.1 Å². The zero-order valence-electron chi connectivity index (χ0n) is 9.41. The fourth-order valence-electron chi connectivity index (χ4n) is 1.56. The Morgan fingerprint density at radius 3 is 2.29 bits per heavy atom. The first-order valence-electron chi connectivity index (χ1n) is 5.41. The van der Waals surface area contributed by atoms with Crippen LogP contribution >= 0.6 is 0 Å². The molecule has 0 amide bonds. The lowest BCUT2D eigenvalue weighted by Crippen LogP contribution is -2.21. The zero-order valence-corrected chi connectivity index (χ0v) is 9.41. The summed E-state index contributed by atoms with van der Waals surface area (Å²) >= 11 is 0. The number of nitrogens with two attached hydrogens (primary N) is 1. The van der Waals surface area contributed by atoms with E-state index in [4.69, 9.17) is 10.8 Å². The van der Waals surface area contributed by atoms with Crippen LogP contribution in [-0.4, -0.2) is 33.9 Å². The second-order valence-corrected chi connectivity index (χ2v) is 3.90. The lowest BCUT2D eigenvalue weighted by Gasteiger charge is -2.17. The molecule has 0 aromatic heterocycles. The maximum atomic E-state index is 10.5. The molecular formula is C12H17NO4. The van der Waals surface area contributed by atoms with Gasteiger partial charge < -0.3 is 21.1 Å². The molecule has 5 heteroatoms. The van der Waals surface area contributed by atoms with E-state index in [0.717, 1.165) is 0 Å². The molecule has 0 aliphatic rings. The molecule has 0 aliphatic heterocycles. The van der Waals surface area contributed by atoms with Gasteiger partial charge in [-0.15, -0.1) is 0 Å². The lowest BCUT2D eigenvalue weighted by molar-refractivity contribution is -0.136. The number of hydrogen-bond acceptors (Lipinski definition) is 4. The summed E-state index contributed by atoms with van der Waals surface area (Å²) in [5.41, 5.74) is 6.50. The smallest absolute Gasteiger partial charge is 0.307 e. The Bertz CT molecular complexity index is 363. The third-order valence-corrected chi connectivity index (χ3v) is 2.50. The Hall–Kier alpha value is -1.43. The van der Waals surface area contributed by atoms with E-state index in [1.807, 2.05) is 0 Å². The van der Waals surface area contributed by atoms with Crippen LogP contribution in [0.15, 0.2) is 24.3 Å². The van der Waals surface area contributed by atoms with Gasteiger partial charge in [0.1, 0.15) is 6.10 Å². The highest BCUT2D eigenvalue weighted by Crippen LogP contribution is 2.19. The predicted octanol–water partition coefficient (Wildman–Crippen LogP) is 0.0568. The standard InChI is InChI=1S/C12H17NO4/c13-6-5-10(14)12(17)9-3-1-8(2-4-9)7-11(15)16/h1-4,10,12,14,17H,5-7,13H2,(H,15,16). The molecule has 5 nitrogen and oxygen atoms in total. The molecule has 0 fully saturated rings. The van der Waals surface area contributed by atoms with E-state index < -0.39 is 18.2 Å². The van der Waals surface area contributed by atoms with Crippen molar-refractivity contribution in [1.82, 2.24) is 0 Å². The van der Waals surface area contributed by atoms with Crippen LogP contribution < -0.4 is 5.73 Å². The Morgan fingerprint density at radius 2 is 1.82 bits per heavy atom. The van der Waals surface area contributed by atoms with Gasteiger partial charge in [0, 0.05) is 0 Å². The van der Waals surface area contributed by atoms with Crippen molar-refractivity contribution in [2.45, 2.75) is 25.0 Å². The van der Waals surface area contributed by atoms with Crippen molar-refractivity contribution in [3.8, 4) is 0 Å². The van der Waals surface area contributed by atoms with E-state index >= 15 is 0 Å². The van der Waals surface area contributed by atoms with Crippen LogP contribution in [0.5, 0.6) is 0 Å². The van der Waals surface area contributed by atoms with Crippen molar-refractivity contribution in [1.29, 1.82) is 0 Å². The first-order valence-corrected chi connectivity index (χ1v) is 5.41. The number of rotatable bonds is 6. The first kappa shape index (κ1) is 13.6. The molecule has 0 heterocycles. The van der Waals surface area contributed by atoms with Gasteiger partial charge in [0.15, 0.2) is 0 Å². The van der Waals surface area contributed by atoms with E-state index in [1.165, 1.54) is 0 Å². The molecule has 2 unspecified atom stereocenters. The molecular weight excluding hydrogens is 222 g/mol. The molecule has 17 heavy (non-hydrogen) atoms. The Kier molecular flexibility index (Phi) is 5.09. The van der Waals surface area contributed by atoms with Crippen LogP contribution in [0.4, 0.5) is 0 Å². The van der Waals surface area contributed by atoms with Crippen LogP contribution in [0.2, 0.25) is 0 Å². The minimum atomic E-state index is -0.988. The largest absolute Gasteiger partial charge is 0.481 e. The first-order chi connectivity index (χ1) is 8.04. The molecule has 0 saturated heterocycles. The monoisotopic (exact) mass is 239 g/mol. The van der Waals surface area contributed by atoms with Crippen molar-refractivity contribution in [3.63, 3.8) is 0 Å². The SMILES string of the molecule is NCCC(O)C(O)c1ccc(CC(=O)O)cc1. The molecule has 1 rings (SSSR count). The number of carboxylic acid groups (broad SMARTS) is 1. The fourth-order valence-corrected chi connectivity index (χ4v) is 1.56. The van der Waals surface area contributed by atoms with E-state index in [-0.39, 0.29) is 6.42 Å². The van der Waals surface area contributed by atoms with Crippen molar-refractivity contribution in [2.24, 2.45) is 5.73 Å². The predicted molar refractivity (Wildman–Crippen MR) is 62.4 cm³/mol. The average molecular weight is 239 g/mol. The van der Waals surface area contributed by atoms with Gasteiger partial charge in [0.2, 0.25) is 0 Å². The molecule has 1 aromatic carbocycles. The summed E-state index contributed by atoms with van der Waals surface area (Å²) in [5.74, 6) is -0.901. The molecule has 0 aliphatic carbocycles. The highest BCUT2D eigenvalue weighted by atomic mass is 16.4. The molecule has 94 valence electrons. The normalized spacial score (nSPS) is 14.3. The van der Waals surface area contributed by atoms with Gasteiger partial charge in [0.25, 0.3) is 0 Å². The Labute approximate surface area is 99.5 Å². The van der Waals surface area contributed by atoms with Crippen molar-refractivity contribution >= 4 is 5.97 Å². The number of aliphatic hydroxyl groups is 2. The van der Waals surface area contributed by atoms with Gasteiger partial charge in [-0.25, -0.2) is 0 Å². The van der Waals surface area contributed by atoms with Gasteiger partial charge in [-0.2, -0.15) is 0 Å². The minimum absolute atomic E-state index is 0.0538. The van der Waals surface area contributed by atoms with Crippen LogP contribution in [0, 0.1) is 0 Å². The van der Waals surface area contributed by atoms with Gasteiger partial charge in [-0.3, -0.25) is 4.79 Å². The summed E-state index contributed by atoms with van der Waals surface area (Å²) in [7, 11) is 0. The van der Waals surface area contributed by atoms with E-state index in [1.54, 1.807) is 24.3 Å². The van der Waals surface area contributed by atoms with Gasteiger partial charge >= 0.3 is 5.97 Å². The molecule has 2 atom stereocenters. The summed E-state index contributed by atoms with van der Waals surface area (Å²) in [5, 5.41) is 27.9. The number of carboxylic acids is 1. The third kappa shape index (κ3) is 4.14. The molecule has 0 bridgehead atoms. The maximum absolute atomic E-state index is 10.5. The lowest BCUT2D eigenvalue weighted by atomic mass is 10.0. The highest BCUT2D eigenvalue weighted by molar-refractivity contribution is 5.70. The molecule has 0 saturated carbocycles. The van der Waals surface area contributed by atoms with Crippen molar-refractivity contribution in [2.75, 3.05) is 6.54 Å². The summed E-state index contributed by atoms with van der Waals surface area (Å²) in [6.07, 6.45) is -1.62. The number of aliphatic carboxylic acids is 1. The molecule has 0 radical (unpaired) electrons. The van der Waals surface area contributed by atoms with Crippen molar-refractivity contribution < 1.29 is 20.1 Å². The van der Waals surface area contributed by atoms with Crippen LogP contribution in [0.25, 0.3) is 0 Å². The van der Waals surface area contributed by atoms with Gasteiger partial charge in [0.05, 0.1) is 12.5 Å². The molecule has 0 spiro atoms. The van der Waals surface area contributed by atoms with Gasteiger partial charge in [-0.1, -0.05) is 24.3 Å². The third-order valence-electron chi connectivity index (χ3n) is 2.50. The Morgan fingerprint density at radius 1 is 1.24 bits per heavy atom. The number of hydrogen-bond donors (Lipinski definition) is 4. The van der Waals surface area contributed by atoms with E-state index in [2.05, 4.69) is 0 Å². The number of carbonyl (C=O) groups is 1. The van der Waals surface area contributed by atoms with Crippen molar-refractivity contribution in [3.05, 3.63) is 35.4 Å². The van der Waals surface area contributed by atoms with Gasteiger partial charge in [-0.05, 0) is 24.1 Å². The Balaban J connectivity index is 2.69. The average Bonchev–Trinajstić information content (AvgIpc) is 2.28. The van der Waals surface area contributed by atoms with Crippen LogP contribution in [0.3, 0.4) is 0 Å². The fraction of sp³-hybridized carbons (Fsp3) is 0.417. The summed E-state index contributed by atoms with van der Waals surface area (Å²) < 4.78 is 0. The number of benzene rings is 1. The maximum Gasteiger partial charge on any atom is 0.307 e. The highest BCUT2D eigenvalue weighted by Gasteiger charge is 2.17. The van der Waals surface area contributed by atoms with Crippen LogP contribution in [0.1, 0.15) is 23.7 Å². The minimum Gasteiger partial charge on any atom is -0.481 e. The summed E-state index contributed by atoms with van der Waals surface area (Å²) in [6, 6.07) is 6.48. The summed E-state index contributed by atoms with van der Waals surface area (Å²) in [4.78, 5) is 10.5. The molecule has 1 aromatic rings. The number of aliphatic hydroxyl groups excluding tert-OH is 2. The molecule has 5 N–H and O–H groups in total. The van der Waals surface area contributed by atoms with Crippen LogP contribution in [-0.2, 0) is 11.2 Å². The quantitative estimate of drug-likeness (QED) is 0.562. The topological polar surface area (TPSA) is 104 Å². The van der Waals surface area contributed by atoms with E-state index in [9.17, 15) is 15.0 Å². The second-order valence-electron chi connectivity index (χ2n) is 3.90. The second kappa shape index (κ2) is 6.34. The zero-order chi connectivity index (χ0) is 12.8.